The Bertz CT molecular complexity index is 833. The molecule has 0 aliphatic heterocycles. The van der Waals surface area contributed by atoms with E-state index in [1.165, 1.54) is 17.8 Å². The summed E-state index contributed by atoms with van der Waals surface area (Å²) >= 11 is 1.46. The maximum absolute atomic E-state index is 16.9. The molecule has 4 aliphatic carbocycles. The minimum Gasteiger partial charge on any atom is -0.465 e. The molecule has 4 rings (SSSR count). The van der Waals surface area contributed by atoms with Crippen LogP contribution in [0, 0.1) is 22.7 Å². The number of halogens is 1. The van der Waals surface area contributed by atoms with Crippen LogP contribution in [0.5, 0.6) is 0 Å². The fraction of sp³-hybridized carbons (Fsp3) is 0.652. The quantitative estimate of drug-likeness (QED) is 0.693. The third-order valence-corrected chi connectivity index (χ3v) is 9.13. The molecule has 0 spiro atoms. The smallest absolute Gasteiger partial charge is 0.316 e. The Morgan fingerprint density at radius 1 is 1.38 bits per heavy atom. The molecule has 29 heavy (non-hydrogen) atoms. The Labute approximate surface area is 175 Å². The predicted molar refractivity (Wildman–Crippen MR) is 111 cm³/mol. The van der Waals surface area contributed by atoms with E-state index in [2.05, 4.69) is 13.0 Å². The van der Waals surface area contributed by atoms with Crippen molar-refractivity contribution in [2.24, 2.45) is 22.7 Å². The molecule has 0 aromatic carbocycles. The number of carbonyl (C=O) groups is 2. The lowest BCUT2D eigenvalue weighted by molar-refractivity contribution is -0.184. The van der Waals surface area contributed by atoms with Crippen molar-refractivity contribution in [1.29, 1.82) is 0 Å². The highest BCUT2D eigenvalue weighted by atomic mass is 32.2. The standard InChI is InChI=1S/C23H29FO4S/c1-4-28-20(27)13-29-19-8-7-16-17-6-5-14-11-15(25)9-10-22(14,3)23(17,24)18(26)12-21(16,19)2/h8-11,16-18,26H,4-7,12-13H2,1-3H3/t16-,17-,18-,21-,22-,23-/m0/s1. The Kier molecular flexibility index (Phi) is 5.10. The first-order chi connectivity index (χ1) is 13.7. The Morgan fingerprint density at radius 2 is 2.14 bits per heavy atom. The average Bonchev–Trinajstić information content (AvgIpc) is 2.98. The van der Waals surface area contributed by atoms with Gasteiger partial charge in [0, 0.05) is 16.7 Å². The number of allylic oxidation sites excluding steroid dienone is 6. The number of hydrogen-bond donors (Lipinski definition) is 1. The molecule has 2 fully saturated rings. The Balaban J connectivity index is 1.62. The highest BCUT2D eigenvalue weighted by Crippen LogP contribution is 2.68. The summed E-state index contributed by atoms with van der Waals surface area (Å²) < 4.78 is 21.9. The van der Waals surface area contributed by atoms with Gasteiger partial charge in [-0.3, -0.25) is 9.59 Å². The molecule has 0 bridgehead atoms. The first kappa shape index (κ1) is 20.9. The number of ether oxygens (including phenoxy) is 1. The average molecular weight is 421 g/mol. The molecule has 0 unspecified atom stereocenters. The molecule has 2 saturated carbocycles. The summed E-state index contributed by atoms with van der Waals surface area (Å²) in [6, 6.07) is 0. The number of esters is 1. The summed E-state index contributed by atoms with van der Waals surface area (Å²) in [6.07, 6.45) is 8.05. The lowest BCUT2D eigenvalue weighted by Gasteiger charge is -2.61. The van der Waals surface area contributed by atoms with E-state index in [9.17, 15) is 14.7 Å². The van der Waals surface area contributed by atoms with Crippen LogP contribution in [0.3, 0.4) is 0 Å². The van der Waals surface area contributed by atoms with Crippen LogP contribution in [0.1, 0.15) is 46.5 Å². The van der Waals surface area contributed by atoms with Crippen molar-refractivity contribution < 1.29 is 23.8 Å². The minimum atomic E-state index is -1.80. The molecule has 1 N–H and O–H groups in total. The lowest BCUT2D eigenvalue weighted by atomic mass is 9.46. The number of fused-ring (bicyclic) bond motifs is 5. The molecular formula is C23H29FO4S. The molecule has 0 radical (unpaired) electrons. The summed E-state index contributed by atoms with van der Waals surface area (Å²) in [7, 11) is 0. The highest BCUT2D eigenvalue weighted by Gasteiger charge is 2.69. The highest BCUT2D eigenvalue weighted by molar-refractivity contribution is 8.03. The van der Waals surface area contributed by atoms with E-state index >= 15 is 4.39 Å². The summed E-state index contributed by atoms with van der Waals surface area (Å²) in [5.74, 6) is -0.342. The predicted octanol–water partition coefficient (Wildman–Crippen LogP) is 4.15. The van der Waals surface area contributed by atoms with Gasteiger partial charge in [-0.15, -0.1) is 11.8 Å². The van der Waals surface area contributed by atoms with Gasteiger partial charge in [-0.1, -0.05) is 24.6 Å². The molecule has 0 saturated heterocycles. The summed E-state index contributed by atoms with van der Waals surface area (Å²) in [4.78, 5) is 24.7. The summed E-state index contributed by atoms with van der Waals surface area (Å²) in [6.45, 7) is 6.07. The van der Waals surface area contributed by atoms with Crippen molar-refractivity contribution in [2.75, 3.05) is 12.4 Å². The number of aliphatic hydroxyl groups excluding tert-OH is 1. The van der Waals surface area contributed by atoms with Crippen molar-refractivity contribution in [2.45, 2.75) is 58.2 Å². The van der Waals surface area contributed by atoms with Crippen molar-refractivity contribution in [1.82, 2.24) is 0 Å². The molecule has 4 aliphatic rings. The summed E-state index contributed by atoms with van der Waals surface area (Å²) in [5.41, 5.74) is -2.30. The fourth-order valence-corrected chi connectivity index (χ4v) is 7.44. The number of hydrogen-bond acceptors (Lipinski definition) is 5. The van der Waals surface area contributed by atoms with E-state index in [-0.39, 0.29) is 34.8 Å². The molecule has 0 heterocycles. The van der Waals surface area contributed by atoms with Gasteiger partial charge >= 0.3 is 5.97 Å². The third-order valence-electron chi connectivity index (χ3n) is 7.80. The number of ketones is 1. The maximum atomic E-state index is 16.9. The van der Waals surface area contributed by atoms with Crippen molar-refractivity contribution in [3.8, 4) is 0 Å². The monoisotopic (exact) mass is 420 g/mol. The van der Waals surface area contributed by atoms with Gasteiger partial charge in [0.15, 0.2) is 11.5 Å². The molecule has 6 heteroatoms. The van der Waals surface area contributed by atoms with Gasteiger partial charge in [0.1, 0.15) is 0 Å². The lowest BCUT2D eigenvalue weighted by Crippen LogP contribution is -2.66. The molecule has 4 nitrogen and oxygen atoms in total. The van der Waals surface area contributed by atoms with Crippen LogP contribution in [-0.2, 0) is 14.3 Å². The maximum Gasteiger partial charge on any atom is 0.316 e. The van der Waals surface area contributed by atoms with Gasteiger partial charge in [0.05, 0.1) is 18.5 Å². The van der Waals surface area contributed by atoms with Crippen LogP contribution in [0.25, 0.3) is 0 Å². The second-order valence-corrected chi connectivity index (χ2v) is 10.2. The zero-order valence-electron chi connectivity index (χ0n) is 17.2. The molecule has 0 aromatic rings. The molecule has 158 valence electrons. The SMILES string of the molecule is CCOC(=O)CSC1=CC[C@H]2[C@@H]3CCC4=CC(=O)C=C[C@]4(C)[C@@]3(F)[C@@H](O)C[C@]12C. The number of thioether (sulfide) groups is 1. The first-order valence-corrected chi connectivity index (χ1v) is 11.5. The van der Waals surface area contributed by atoms with E-state index in [0.29, 0.717) is 25.9 Å². The molecular weight excluding hydrogens is 391 g/mol. The molecule has 0 aromatic heterocycles. The van der Waals surface area contributed by atoms with Gasteiger partial charge in [-0.25, -0.2) is 4.39 Å². The number of aliphatic hydroxyl groups is 1. The number of alkyl halides is 1. The van der Waals surface area contributed by atoms with Crippen molar-refractivity contribution in [3.63, 3.8) is 0 Å². The van der Waals surface area contributed by atoms with E-state index in [4.69, 9.17) is 4.74 Å². The number of rotatable bonds is 4. The van der Waals surface area contributed by atoms with E-state index < -0.39 is 17.2 Å². The van der Waals surface area contributed by atoms with E-state index in [0.717, 1.165) is 16.9 Å². The van der Waals surface area contributed by atoms with Gasteiger partial charge in [-0.05, 0) is 62.5 Å². The van der Waals surface area contributed by atoms with Crippen molar-refractivity contribution in [3.05, 3.63) is 34.8 Å². The zero-order chi connectivity index (χ0) is 21.0. The van der Waals surface area contributed by atoms with E-state index in [1.54, 1.807) is 19.1 Å². The van der Waals surface area contributed by atoms with Gasteiger partial charge in [0.25, 0.3) is 0 Å². The van der Waals surface area contributed by atoms with Gasteiger partial charge < -0.3 is 9.84 Å². The van der Waals surface area contributed by atoms with Crippen molar-refractivity contribution >= 4 is 23.5 Å². The number of carbonyl (C=O) groups excluding carboxylic acids is 2. The van der Waals surface area contributed by atoms with Crippen LogP contribution < -0.4 is 0 Å². The topological polar surface area (TPSA) is 63.6 Å². The Morgan fingerprint density at radius 3 is 2.86 bits per heavy atom. The second kappa shape index (κ2) is 7.09. The van der Waals surface area contributed by atoms with Crippen LogP contribution >= 0.6 is 11.8 Å². The van der Waals surface area contributed by atoms with Crippen LogP contribution in [-0.4, -0.2) is 41.0 Å². The third kappa shape index (κ3) is 2.89. The van der Waals surface area contributed by atoms with Gasteiger partial charge in [-0.2, -0.15) is 0 Å². The Hall–Kier alpha value is -1.40. The molecule has 0 amide bonds. The van der Waals surface area contributed by atoms with Gasteiger partial charge in [0.2, 0.25) is 0 Å². The van der Waals surface area contributed by atoms with E-state index in [1.807, 2.05) is 6.92 Å². The zero-order valence-corrected chi connectivity index (χ0v) is 18.1. The van der Waals surface area contributed by atoms with Crippen LogP contribution in [0.4, 0.5) is 4.39 Å². The van der Waals surface area contributed by atoms with Crippen LogP contribution in [0.15, 0.2) is 34.8 Å². The first-order valence-electron chi connectivity index (χ1n) is 10.5. The molecule has 6 atom stereocenters. The minimum absolute atomic E-state index is 0.0741. The normalized spacial score (nSPS) is 43.1. The summed E-state index contributed by atoms with van der Waals surface area (Å²) in [5, 5.41) is 11.2. The fourth-order valence-electron chi connectivity index (χ4n) is 6.31. The largest absolute Gasteiger partial charge is 0.465 e. The second-order valence-electron chi connectivity index (χ2n) is 9.16. The van der Waals surface area contributed by atoms with Crippen LogP contribution in [0.2, 0.25) is 0 Å².